The number of anilines is 2. The number of carbonyl (C=O) groups is 1. The van der Waals surface area contributed by atoms with Gasteiger partial charge >= 0.3 is 0 Å². The molecule has 5 heteroatoms. The van der Waals surface area contributed by atoms with E-state index in [1.807, 2.05) is 43.3 Å². The minimum absolute atomic E-state index is 0.0798. The van der Waals surface area contributed by atoms with Gasteiger partial charge in [0.2, 0.25) is 5.91 Å². The summed E-state index contributed by atoms with van der Waals surface area (Å²) in [4.78, 5) is 14.6. The van der Waals surface area contributed by atoms with Crippen LogP contribution in [0.25, 0.3) is 0 Å². The maximum atomic E-state index is 12.3. The van der Waals surface area contributed by atoms with Gasteiger partial charge in [0.25, 0.3) is 0 Å². The van der Waals surface area contributed by atoms with Crippen LogP contribution in [-0.4, -0.2) is 25.0 Å². The van der Waals surface area contributed by atoms with Crippen LogP contribution in [0.2, 0.25) is 0 Å². The number of hydrogen-bond donors (Lipinski definition) is 2. The number of nitrogens with one attached hydrogen (secondary N) is 1. The third-order valence-corrected chi connectivity index (χ3v) is 4.15. The summed E-state index contributed by atoms with van der Waals surface area (Å²) < 4.78 is 0. The highest BCUT2D eigenvalue weighted by Crippen LogP contribution is 2.42. The minimum Gasteiger partial charge on any atom is -0.392 e. The number of nitrogens with zero attached hydrogens (tertiary/aromatic N) is 1. The summed E-state index contributed by atoms with van der Waals surface area (Å²) in [6.45, 7) is 0. The number of benzene rings is 1. The molecule has 2 rings (SSSR count). The lowest BCUT2D eigenvalue weighted by Crippen LogP contribution is -2.50. The first kappa shape index (κ1) is 13.8. The van der Waals surface area contributed by atoms with E-state index in [4.69, 9.17) is 18.0 Å². The van der Waals surface area contributed by atoms with Crippen molar-refractivity contribution in [2.75, 3.05) is 24.3 Å². The molecular formula is C14H19N3OS. The topological polar surface area (TPSA) is 58.4 Å². The fraction of sp³-hybridized carbons (Fsp3) is 0.429. The smallest absolute Gasteiger partial charge is 0.237 e. The molecule has 0 spiro atoms. The molecule has 0 aliphatic heterocycles. The van der Waals surface area contributed by atoms with Crippen LogP contribution < -0.4 is 16.0 Å². The number of nitrogens with two attached hydrogens (primary N) is 1. The van der Waals surface area contributed by atoms with Crippen molar-refractivity contribution in [3.05, 3.63) is 24.3 Å². The Kier molecular flexibility index (Phi) is 3.75. The van der Waals surface area contributed by atoms with E-state index in [9.17, 15) is 4.79 Å². The quantitative estimate of drug-likeness (QED) is 0.828. The van der Waals surface area contributed by atoms with Crippen molar-refractivity contribution < 1.29 is 4.79 Å². The molecule has 0 bridgehead atoms. The maximum Gasteiger partial charge on any atom is 0.237 e. The van der Waals surface area contributed by atoms with Crippen LogP contribution in [0.3, 0.4) is 0 Å². The largest absolute Gasteiger partial charge is 0.392 e. The van der Waals surface area contributed by atoms with Gasteiger partial charge in [-0.2, -0.15) is 0 Å². The predicted molar refractivity (Wildman–Crippen MR) is 82.5 cm³/mol. The summed E-state index contributed by atoms with van der Waals surface area (Å²) in [5.41, 5.74) is 6.95. The van der Waals surface area contributed by atoms with E-state index >= 15 is 0 Å². The first-order chi connectivity index (χ1) is 8.95. The molecule has 3 N–H and O–H groups in total. The first-order valence-corrected chi connectivity index (χ1v) is 6.75. The Labute approximate surface area is 119 Å². The molecule has 1 aliphatic carbocycles. The number of rotatable bonds is 4. The van der Waals surface area contributed by atoms with Gasteiger partial charge in [0, 0.05) is 25.5 Å². The molecule has 1 amide bonds. The average molecular weight is 277 g/mol. The van der Waals surface area contributed by atoms with Crippen LogP contribution in [0.4, 0.5) is 11.4 Å². The van der Waals surface area contributed by atoms with Gasteiger partial charge in [-0.05, 0) is 37.1 Å². The van der Waals surface area contributed by atoms with Gasteiger partial charge in [-0.25, -0.2) is 0 Å². The van der Waals surface area contributed by atoms with Crippen LogP contribution in [0.15, 0.2) is 24.3 Å². The third kappa shape index (κ3) is 2.56. The molecule has 1 saturated carbocycles. The molecule has 1 fully saturated rings. The zero-order valence-electron chi connectivity index (χ0n) is 11.3. The minimum atomic E-state index is -0.629. The second-order valence-corrected chi connectivity index (χ2v) is 5.64. The van der Waals surface area contributed by atoms with Gasteiger partial charge in [0.15, 0.2) is 0 Å². The number of thiocarbonyl (C=S) groups is 1. The van der Waals surface area contributed by atoms with Gasteiger partial charge in [-0.3, -0.25) is 4.79 Å². The van der Waals surface area contributed by atoms with E-state index < -0.39 is 5.41 Å². The summed E-state index contributed by atoms with van der Waals surface area (Å²) in [5.74, 6) is -0.0798. The highest BCUT2D eigenvalue weighted by atomic mass is 32.1. The monoisotopic (exact) mass is 277 g/mol. The molecule has 102 valence electrons. The fourth-order valence-electron chi connectivity index (χ4n) is 2.21. The highest BCUT2D eigenvalue weighted by Gasteiger charge is 2.46. The van der Waals surface area contributed by atoms with Gasteiger partial charge in [-0.15, -0.1) is 0 Å². The zero-order valence-corrected chi connectivity index (χ0v) is 12.1. The number of carbonyl (C=O) groups excluding carboxylic acids is 1. The van der Waals surface area contributed by atoms with Gasteiger partial charge in [0.05, 0.1) is 10.4 Å². The lowest BCUT2D eigenvalue weighted by Gasteiger charge is -2.39. The van der Waals surface area contributed by atoms with Crippen molar-refractivity contribution in [3.63, 3.8) is 0 Å². The average Bonchev–Trinajstić information content (AvgIpc) is 2.27. The molecule has 0 saturated heterocycles. The molecule has 0 atom stereocenters. The number of amides is 1. The summed E-state index contributed by atoms with van der Waals surface area (Å²) in [6, 6.07) is 7.70. The van der Waals surface area contributed by atoms with Crippen LogP contribution in [0.1, 0.15) is 19.3 Å². The summed E-state index contributed by atoms with van der Waals surface area (Å²) in [5, 5.41) is 2.91. The predicted octanol–water partition coefficient (Wildman–Crippen LogP) is 2.15. The molecule has 0 radical (unpaired) electrons. The van der Waals surface area contributed by atoms with Crippen LogP contribution in [0.5, 0.6) is 0 Å². The van der Waals surface area contributed by atoms with Crippen molar-refractivity contribution >= 4 is 34.5 Å². The normalized spacial score (nSPS) is 16.3. The molecule has 0 aromatic heterocycles. The standard InChI is InChI=1S/C14H19N3OS/c1-17(2)11-6-4-10(5-7-11)16-13(18)14(12(15)19)8-3-9-14/h4-7H,3,8-9H2,1-2H3,(H2,15,19)(H,16,18). The Balaban J connectivity index is 2.08. The van der Waals surface area contributed by atoms with E-state index in [0.717, 1.165) is 30.6 Å². The molecule has 4 nitrogen and oxygen atoms in total. The van der Waals surface area contributed by atoms with Crippen molar-refractivity contribution in [2.24, 2.45) is 11.1 Å². The maximum absolute atomic E-state index is 12.3. The lowest BCUT2D eigenvalue weighted by atomic mass is 9.68. The molecule has 0 unspecified atom stereocenters. The van der Waals surface area contributed by atoms with Gasteiger partial charge < -0.3 is 16.0 Å². The highest BCUT2D eigenvalue weighted by molar-refractivity contribution is 7.80. The molecule has 1 aliphatic rings. The van der Waals surface area contributed by atoms with E-state index in [1.54, 1.807) is 0 Å². The Hall–Kier alpha value is -1.62. The molecule has 19 heavy (non-hydrogen) atoms. The summed E-state index contributed by atoms with van der Waals surface area (Å²) in [7, 11) is 3.95. The van der Waals surface area contributed by atoms with E-state index in [0.29, 0.717) is 4.99 Å². The van der Waals surface area contributed by atoms with Crippen molar-refractivity contribution in [1.29, 1.82) is 0 Å². The van der Waals surface area contributed by atoms with Gasteiger partial charge in [0.1, 0.15) is 0 Å². The Bertz CT molecular complexity index is 492. The molecule has 1 aromatic rings. The SMILES string of the molecule is CN(C)c1ccc(NC(=O)C2(C(N)=S)CCC2)cc1. The molecule has 1 aromatic carbocycles. The second-order valence-electron chi connectivity index (χ2n) is 5.20. The summed E-state index contributed by atoms with van der Waals surface area (Å²) in [6.07, 6.45) is 2.51. The first-order valence-electron chi connectivity index (χ1n) is 6.34. The van der Waals surface area contributed by atoms with E-state index in [2.05, 4.69) is 5.32 Å². The van der Waals surface area contributed by atoms with E-state index in [1.165, 1.54) is 0 Å². The van der Waals surface area contributed by atoms with E-state index in [-0.39, 0.29) is 5.91 Å². The Morgan fingerprint density at radius 3 is 2.26 bits per heavy atom. The van der Waals surface area contributed by atoms with Crippen molar-refractivity contribution in [2.45, 2.75) is 19.3 Å². The van der Waals surface area contributed by atoms with Crippen LogP contribution in [0, 0.1) is 5.41 Å². The second kappa shape index (κ2) is 5.17. The van der Waals surface area contributed by atoms with Crippen LogP contribution in [-0.2, 0) is 4.79 Å². The van der Waals surface area contributed by atoms with Crippen LogP contribution >= 0.6 is 12.2 Å². The Morgan fingerprint density at radius 2 is 1.89 bits per heavy atom. The van der Waals surface area contributed by atoms with Crippen molar-refractivity contribution in [3.8, 4) is 0 Å². The van der Waals surface area contributed by atoms with Gasteiger partial charge in [-0.1, -0.05) is 18.6 Å². The molecule has 0 heterocycles. The zero-order chi connectivity index (χ0) is 14.0. The fourth-order valence-corrected chi connectivity index (χ4v) is 2.51. The lowest BCUT2D eigenvalue weighted by molar-refractivity contribution is -0.125. The number of hydrogen-bond acceptors (Lipinski definition) is 3. The molecular weight excluding hydrogens is 258 g/mol. The Morgan fingerprint density at radius 1 is 1.32 bits per heavy atom. The van der Waals surface area contributed by atoms with Crippen molar-refractivity contribution in [1.82, 2.24) is 0 Å². The third-order valence-electron chi connectivity index (χ3n) is 3.75. The summed E-state index contributed by atoms with van der Waals surface area (Å²) >= 11 is 5.04.